The Morgan fingerprint density at radius 1 is 1.33 bits per heavy atom. The molecule has 2 N–H and O–H groups in total. The Hall–Kier alpha value is -1.49. The van der Waals surface area contributed by atoms with Crippen LogP contribution < -0.4 is 15.6 Å². The Morgan fingerprint density at radius 2 is 2.00 bits per heavy atom. The summed E-state index contributed by atoms with van der Waals surface area (Å²) in [5.74, 6) is -1.80. The number of rotatable bonds is 3. The number of hydrogen-bond donors (Lipinski definition) is 2. The van der Waals surface area contributed by atoms with E-state index in [1.165, 1.54) is 6.20 Å². The molecule has 8 heteroatoms. The fourth-order valence-corrected chi connectivity index (χ4v) is 2.96. The minimum atomic E-state index is -1.30. The van der Waals surface area contributed by atoms with Gasteiger partial charge in [-0.25, -0.2) is 9.18 Å². The second-order valence-corrected chi connectivity index (χ2v) is 5.52. The fraction of sp³-hybridized carbons (Fsp3) is 0.375. The van der Waals surface area contributed by atoms with E-state index in [0.717, 1.165) is 19.2 Å². The molecule has 1 fully saturated rings. The number of hydrogen-bond acceptors (Lipinski definition) is 4. The first kappa shape index (κ1) is 18.8. The van der Waals surface area contributed by atoms with Crippen LogP contribution in [0.2, 0.25) is 0 Å². The molecule has 0 atom stereocenters. The first-order valence-corrected chi connectivity index (χ1v) is 7.58. The van der Waals surface area contributed by atoms with Gasteiger partial charge in [-0.1, -0.05) is 0 Å². The Bertz CT molecular complexity index is 831. The number of aromatic nitrogens is 1. The van der Waals surface area contributed by atoms with E-state index in [4.69, 9.17) is 5.11 Å². The molecule has 1 aliphatic rings. The van der Waals surface area contributed by atoms with E-state index < -0.39 is 17.2 Å². The summed E-state index contributed by atoms with van der Waals surface area (Å²) >= 11 is 0. The second kappa shape index (κ2) is 7.60. The van der Waals surface area contributed by atoms with Gasteiger partial charge in [-0.2, -0.15) is 0 Å². The van der Waals surface area contributed by atoms with Gasteiger partial charge in [0.2, 0.25) is 5.43 Å². The van der Waals surface area contributed by atoms with Crippen LogP contribution in [0.3, 0.4) is 0 Å². The average Bonchev–Trinajstić information content (AvgIpc) is 2.55. The third-order valence-electron chi connectivity index (χ3n) is 4.18. The van der Waals surface area contributed by atoms with Gasteiger partial charge < -0.3 is 19.9 Å². The Labute approximate surface area is 158 Å². The van der Waals surface area contributed by atoms with Gasteiger partial charge >= 0.3 is 33.3 Å². The van der Waals surface area contributed by atoms with Crippen molar-refractivity contribution in [3.05, 3.63) is 39.9 Å². The molecule has 1 saturated heterocycles. The summed E-state index contributed by atoms with van der Waals surface area (Å²) in [6.07, 6.45) is 1.33. The number of carbonyl (C=O) groups is 1. The molecule has 24 heavy (non-hydrogen) atoms. The zero-order chi connectivity index (χ0) is 16.6. The van der Waals surface area contributed by atoms with Crippen LogP contribution in [0.5, 0.6) is 0 Å². The van der Waals surface area contributed by atoms with Crippen LogP contribution in [0.25, 0.3) is 10.9 Å². The average molecular weight is 529 g/mol. The van der Waals surface area contributed by atoms with Crippen molar-refractivity contribution < 1.29 is 14.3 Å². The summed E-state index contributed by atoms with van der Waals surface area (Å²) in [6, 6.07) is 2.81. The predicted molar refractivity (Wildman–Crippen MR) is 94.4 cm³/mol. The van der Waals surface area contributed by atoms with E-state index in [1.807, 2.05) is 11.8 Å². The van der Waals surface area contributed by atoms with Crippen LogP contribution in [0.15, 0.2) is 23.1 Å². The number of fused-ring (bicyclic) bond motifs is 1. The van der Waals surface area contributed by atoms with Gasteiger partial charge in [0.05, 0.1) is 11.2 Å². The van der Waals surface area contributed by atoms with Crippen molar-refractivity contribution in [2.45, 2.75) is 13.5 Å². The molecule has 0 aliphatic carbocycles. The molecule has 0 spiro atoms. The summed E-state index contributed by atoms with van der Waals surface area (Å²) < 4.78 is 16.2. The molecule has 2 radical (unpaired) electrons. The number of halogens is 1. The van der Waals surface area contributed by atoms with Gasteiger partial charge in [-0.05, 0) is 19.1 Å². The minimum absolute atomic E-state index is 0. The Balaban J connectivity index is 0.00000208. The third kappa shape index (κ3) is 3.32. The van der Waals surface area contributed by atoms with Crippen LogP contribution in [-0.4, -0.2) is 69.1 Å². The molecular weight excluding hydrogens is 508 g/mol. The first-order valence-electron chi connectivity index (χ1n) is 7.58. The summed E-state index contributed by atoms with van der Waals surface area (Å²) in [7, 11) is 0. The van der Waals surface area contributed by atoms with Crippen molar-refractivity contribution >= 4 is 49.9 Å². The van der Waals surface area contributed by atoms with Crippen molar-refractivity contribution in [3.8, 4) is 0 Å². The number of benzene rings is 1. The molecule has 1 aliphatic heterocycles. The topological polar surface area (TPSA) is 74.6 Å². The molecule has 1 aromatic heterocycles. The first-order chi connectivity index (χ1) is 11.0. The number of pyridine rings is 1. The zero-order valence-electron chi connectivity index (χ0n) is 13.5. The number of carboxylic acid groups (broad SMARTS) is 1. The van der Waals surface area contributed by atoms with Gasteiger partial charge in [0.1, 0.15) is 11.4 Å². The van der Waals surface area contributed by atoms with E-state index in [1.54, 1.807) is 10.6 Å². The molecule has 6 nitrogen and oxygen atoms in total. The molecule has 3 rings (SSSR count). The van der Waals surface area contributed by atoms with Crippen molar-refractivity contribution in [2.24, 2.45) is 0 Å². The molecule has 0 unspecified atom stereocenters. The van der Waals surface area contributed by atoms with Gasteiger partial charge in [0.25, 0.3) is 0 Å². The maximum atomic E-state index is 14.5. The van der Waals surface area contributed by atoms with E-state index >= 15 is 0 Å². The SMILES string of the molecule is CCn1cc(C(=O)O)c(=O)c2cc(F)c(N3CCNCC3)cc21.[PbH2]. The number of anilines is 1. The van der Waals surface area contributed by atoms with Crippen molar-refractivity contribution in [1.82, 2.24) is 9.88 Å². The van der Waals surface area contributed by atoms with Gasteiger partial charge in [-0.3, -0.25) is 4.79 Å². The molecule has 2 heterocycles. The van der Waals surface area contributed by atoms with Crippen LogP contribution in [-0.2, 0) is 6.54 Å². The quantitative estimate of drug-likeness (QED) is 0.563. The molecule has 2 aromatic rings. The fourth-order valence-electron chi connectivity index (χ4n) is 2.96. The third-order valence-corrected chi connectivity index (χ3v) is 4.18. The van der Waals surface area contributed by atoms with Gasteiger partial charge in [0, 0.05) is 44.3 Å². The van der Waals surface area contributed by atoms with Crippen molar-refractivity contribution in [3.63, 3.8) is 0 Å². The van der Waals surface area contributed by atoms with Crippen molar-refractivity contribution in [1.29, 1.82) is 0 Å². The van der Waals surface area contributed by atoms with Crippen molar-refractivity contribution in [2.75, 3.05) is 31.1 Å². The Morgan fingerprint density at radius 3 is 2.58 bits per heavy atom. The monoisotopic (exact) mass is 529 g/mol. The van der Waals surface area contributed by atoms with Crippen LogP contribution in [0.4, 0.5) is 10.1 Å². The van der Waals surface area contributed by atoms with Gasteiger partial charge in [-0.15, -0.1) is 0 Å². The molecule has 0 bridgehead atoms. The molecular formula is C16H20FN3O3Pb. The van der Waals surface area contributed by atoms with Gasteiger partial charge in [0.15, 0.2) is 0 Å². The number of aryl methyl sites for hydroxylation is 1. The summed E-state index contributed by atoms with van der Waals surface area (Å²) in [6.45, 7) is 5.26. The summed E-state index contributed by atoms with van der Waals surface area (Å²) in [5.41, 5.74) is 0.0118. The number of nitrogens with zero attached hydrogens (tertiary/aromatic N) is 2. The molecule has 128 valence electrons. The summed E-state index contributed by atoms with van der Waals surface area (Å²) in [4.78, 5) is 25.4. The normalized spacial score (nSPS) is 14.5. The molecule has 0 amide bonds. The number of carboxylic acids is 1. The summed E-state index contributed by atoms with van der Waals surface area (Å²) in [5, 5.41) is 12.5. The number of nitrogens with one attached hydrogen (secondary N) is 1. The van der Waals surface area contributed by atoms with Crippen LogP contribution >= 0.6 is 0 Å². The van der Waals surface area contributed by atoms with E-state index in [9.17, 15) is 14.0 Å². The number of aromatic carboxylic acids is 1. The molecule has 0 saturated carbocycles. The predicted octanol–water partition coefficient (Wildman–Crippen LogP) is 0.352. The Kier molecular flexibility index (Phi) is 5.97. The van der Waals surface area contributed by atoms with E-state index in [-0.39, 0.29) is 38.2 Å². The number of piperazine rings is 1. The molecule has 1 aromatic carbocycles. The second-order valence-electron chi connectivity index (χ2n) is 5.52. The maximum absolute atomic E-state index is 14.5. The van der Waals surface area contributed by atoms with E-state index in [0.29, 0.717) is 30.8 Å². The van der Waals surface area contributed by atoms with Crippen LogP contribution in [0, 0.1) is 5.82 Å². The van der Waals surface area contributed by atoms with E-state index in [2.05, 4.69) is 5.32 Å². The standard InChI is InChI=1S/C16H18FN3O3.Pb.2H/c1-2-19-9-11(16(22)23)15(21)10-7-12(17)14(8-13(10)19)20-5-3-18-4-6-20;;;/h7-9,18H,2-6H2,1H3,(H,22,23);;;. The van der Waals surface area contributed by atoms with Crippen LogP contribution in [0.1, 0.15) is 17.3 Å². The zero-order valence-corrected chi connectivity index (χ0v) is 19.0.